The summed E-state index contributed by atoms with van der Waals surface area (Å²) in [4.78, 5) is 19.1. The lowest BCUT2D eigenvalue weighted by molar-refractivity contribution is 0.0195. The first-order valence-electron chi connectivity index (χ1n) is 11.1. The maximum absolute atomic E-state index is 10.3. The topological polar surface area (TPSA) is 101 Å². The predicted octanol–water partition coefficient (Wildman–Crippen LogP) is 3.60. The zero-order valence-electron chi connectivity index (χ0n) is 18.4. The van der Waals surface area contributed by atoms with E-state index in [-0.39, 0.29) is 6.04 Å². The molecule has 0 spiro atoms. The minimum Gasteiger partial charge on any atom is -0.390 e. The van der Waals surface area contributed by atoms with Gasteiger partial charge in [0.2, 0.25) is 5.95 Å². The van der Waals surface area contributed by atoms with Crippen molar-refractivity contribution in [1.82, 2.24) is 29.5 Å². The number of hydrogen-bond donors (Lipinski definition) is 2. The van der Waals surface area contributed by atoms with E-state index in [0.29, 0.717) is 11.1 Å². The second kappa shape index (κ2) is 8.02. The molecule has 0 radical (unpaired) electrons. The fourth-order valence-electron chi connectivity index (χ4n) is 4.56. The molecule has 164 valence electrons. The minimum atomic E-state index is -0.564. The molecular formula is C22H29N7OS. The third kappa shape index (κ3) is 4.13. The predicted molar refractivity (Wildman–Crippen MR) is 121 cm³/mol. The zero-order valence-corrected chi connectivity index (χ0v) is 19.2. The summed E-state index contributed by atoms with van der Waals surface area (Å²) in [7, 11) is 0. The van der Waals surface area contributed by atoms with Crippen molar-refractivity contribution >= 4 is 23.4 Å². The molecule has 1 fully saturated rings. The Kier molecular flexibility index (Phi) is 5.34. The normalized spacial score (nSPS) is 23.7. The molecule has 1 saturated carbocycles. The van der Waals surface area contributed by atoms with E-state index >= 15 is 0 Å². The zero-order chi connectivity index (χ0) is 21.6. The van der Waals surface area contributed by atoms with Crippen LogP contribution in [0.15, 0.2) is 11.2 Å². The van der Waals surface area contributed by atoms with Crippen molar-refractivity contribution in [2.24, 2.45) is 0 Å². The van der Waals surface area contributed by atoms with E-state index in [1.807, 2.05) is 26.2 Å². The number of aromatic nitrogens is 6. The number of nitrogens with zero attached hydrogens (tertiary/aromatic N) is 6. The van der Waals surface area contributed by atoms with Crippen LogP contribution in [0.3, 0.4) is 0 Å². The number of aliphatic hydroxyl groups is 1. The van der Waals surface area contributed by atoms with Crippen molar-refractivity contribution in [2.45, 2.75) is 82.0 Å². The number of hydrogen-bond acceptors (Lipinski definition) is 8. The third-order valence-electron chi connectivity index (χ3n) is 6.43. The van der Waals surface area contributed by atoms with Gasteiger partial charge in [0.1, 0.15) is 11.4 Å². The van der Waals surface area contributed by atoms with Crippen molar-refractivity contribution in [3.05, 3.63) is 23.1 Å². The van der Waals surface area contributed by atoms with Crippen LogP contribution in [0.5, 0.6) is 0 Å². The summed E-state index contributed by atoms with van der Waals surface area (Å²) in [5.41, 5.74) is 4.94. The molecule has 2 aliphatic carbocycles. The molecule has 0 atom stereocenters. The summed E-state index contributed by atoms with van der Waals surface area (Å²) in [5, 5.41) is 19.4. The maximum atomic E-state index is 10.3. The van der Waals surface area contributed by atoms with E-state index in [2.05, 4.69) is 10.3 Å². The van der Waals surface area contributed by atoms with E-state index in [1.165, 1.54) is 24.6 Å². The number of rotatable bonds is 4. The lowest BCUT2D eigenvalue weighted by Crippen LogP contribution is -2.36. The lowest BCUT2D eigenvalue weighted by Gasteiger charge is -2.33. The van der Waals surface area contributed by atoms with Crippen LogP contribution in [0.2, 0.25) is 0 Å². The summed E-state index contributed by atoms with van der Waals surface area (Å²) in [5.74, 6) is 0.690. The highest BCUT2D eigenvalue weighted by Crippen LogP contribution is 2.30. The quantitative estimate of drug-likeness (QED) is 0.595. The first-order chi connectivity index (χ1) is 14.9. The van der Waals surface area contributed by atoms with Crippen LogP contribution in [0.1, 0.15) is 62.5 Å². The van der Waals surface area contributed by atoms with E-state index in [0.717, 1.165) is 72.6 Å². The molecule has 3 heterocycles. The van der Waals surface area contributed by atoms with Gasteiger partial charge >= 0.3 is 0 Å². The molecule has 8 nitrogen and oxygen atoms in total. The number of nitrogens with one attached hydrogen (secondary N) is 1. The van der Waals surface area contributed by atoms with Crippen LogP contribution in [0.25, 0.3) is 17.0 Å². The van der Waals surface area contributed by atoms with Crippen LogP contribution in [-0.4, -0.2) is 52.6 Å². The monoisotopic (exact) mass is 439 g/mol. The van der Waals surface area contributed by atoms with Gasteiger partial charge in [-0.05, 0) is 71.5 Å². The van der Waals surface area contributed by atoms with E-state index < -0.39 is 5.60 Å². The second-order valence-electron chi connectivity index (χ2n) is 9.01. The number of anilines is 1. The van der Waals surface area contributed by atoms with E-state index in [9.17, 15) is 5.11 Å². The van der Waals surface area contributed by atoms with E-state index in [1.54, 1.807) is 4.52 Å². The van der Waals surface area contributed by atoms with Crippen molar-refractivity contribution in [2.75, 3.05) is 11.6 Å². The van der Waals surface area contributed by atoms with Crippen molar-refractivity contribution in [1.29, 1.82) is 0 Å². The highest BCUT2D eigenvalue weighted by atomic mass is 32.2. The summed E-state index contributed by atoms with van der Waals surface area (Å²) >= 11 is 1.52. The summed E-state index contributed by atoms with van der Waals surface area (Å²) in [6.07, 6.45) is 9.69. The smallest absolute Gasteiger partial charge is 0.228 e. The molecule has 3 aromatic rings. The molecule has 0 aromatic carbocycles. The van der Waals surface area contributed by atoms with Crippen LogP contribution in [-0.2, 0) is 12.8 Å². The highest BCUT2D eigenvalue weighted by molar-refractivity contribution is 7.98. The molecule has 0 saturated heterocycles. The largest absolute Gasteiger partial charge is 0.390 e. The minimum absolute atomic E-state index is 0.256. The van der Waals surface area contributed by atoms with Gasteiger partial charge in [0.05, 0.1) is 22.7 Å². The fourth-order valence-corrected chi connectivity index (χ4v) is 4.93. The first kappa shape index (κ1) is 20.6. The molecule has 31 heavy (non-hydrogen) atoms. The van der Waals surface area contributed by atoms with Crippen LogP contribution in [0.4, 0.5) is 5.95 Å². The SMILES string of the molecule is CSc1nc(NC2CCC(C)(O)CC2)n2nc(-c3nc4c(nc3C)CCCC4)cc2n1. The van der Waals surface area contributed by atoms with Crippen LogP contribution in [0, 0.1) is 6.92 Å². The van der Waals surface area contributed by atoms with Gasteiger partial charge in [0.15, 0.2) is 10.8 Å². The Bertz CT molecular complexity index is 1120. The molecule has 0 amide bonds. The Morgan fingerprint density at radius 1 is 1.10 bits per heavy atom. The third-order valence-corrected chi connectivity index (χ3v) is 6.97. The highest BCUT2D eigenvalue weighted by Gasteiger charge is 2.29. The van der Waals surface area contributed by atoms with Gasteiger partial charge in [0.25, 0.3) is 0 Å². The number of aryl methyl sites for hydroxylation is 3. The molecule has 3 aromatic heterocycles. The fraction of sp³-hybridized carbons (Fsp3) is 0.591. The van der Waals surface area contributed by atoms with Gasteiger partial charge in [-0.3, -0.25) is 4.98 Å². The second-order valence-corrected chi connectivity index (χ2v) is 9.78. The summed E-state index contributed by atoms with van der Waals surface area (Å²) < 4.78 is 1.78. The van der Waals surface area contributed by atoms with Gasteiger partial charge in [-0.25, -0.2) is 9.97 Å². The molecule has 9 heteroatoms. The Labute approximate surface area is 186 Å². The van der Waals surface area contributed by atoms with Crippen LogP contribution < -0.4 is 5.32 Å². The maximum Gasteiger partial charge on any atom is 0.228 e. The van der Waals surface area contributed by atoms with Gasteiger partial charge in [-0.1, -0.05) is 11.8 Å². The average Bonchev–Trinajstić information content (AvgIpc) is 3.18. The molecule has 0 aliphatic heterocycles. The van der Waals surface area contributed by atoms with Gasteiger partial charge < -0.3 is 10.4 Å². The molecule has 0 unspecified atom stereocenters. The summed E-state index contributed by atoms with van der Waals surface area (Å²) in [6, 6.07) is 2.23. The van der Waals surface area contributed by atoms with Crippen LogP contribution >= 0.6 is 11.8 Å². The lowest BCUT2D eigenvalue weighted by atomic mass is 9.84. The van der Waals surface area contributed by atoms with E-state index in [4.69, 9.17) is 20.1 Å². The van der Waals surface area contributed by atoms with Gasteiger partial charge in [-0.2, -0.15) is 14.6 Å². The standard InChI is InChI=1S/C22H29N7OS/c1-13-19(25-16-7-5-4-6-15(16)23-13)17-12-18-26-21(31-3)27-20(29(18)28-17)24-14-8-10-22(2,30)11-9-14/h12,14,30H,4-11H2,1-3H3,(H,24,26,27). The first-order valence-corrected chi connectivity index (χ1v) is 12.3. The number of fused-ring (bicyclic) bond motifs is 2. The average molecular weight is 440 g/mol. The van der Waals surface area contributed by atoms with Gasteiger partial charge in [-0.15, -0.1) is 0 Å². The van der Waals surface area contributed by atoms with Crippen molar-refractivity contribution in [3.8, 4) is 11.4 Å². The summed E-state index contributed by atoms with van der Waals surface area (Å²) in [6.45, 7) is 3.92. The number of thioether (sulfide) groups is 1. The Hall–Kier alpha value is -2.26. The Morgan fingerprint density at radius 2 is 1.81 bits per heavy atom. The van der Waals surface area contributed by atoms with Crippen molar-refractivity contribution < 1.29 is 5.11 Å². The van der Waals surface area contributed by atoms with Crippen molar-refractivity contribution in [3.63, 3.8) is 0 Å². The molecule has 5 rings (SSSR count). The van der Waals surface area contributed by atoms with Gasteiger partial charge in [0, 0.05) is 12.1 Å². The Morgan fingerprint density at radius 3 is 2.52 bits per heavy atom. The molecule has 0 bridgehead atoms. The molecule has 2 N–H and O–H groups in total. The molecule has 2 aliphatic rings. The molecular weight excluding hydrogens is 410 g/mol. The Balaban J connectivity index is 1.51.